The van der Waals surface area contributed by atoms with Crippen LogP contribution in [0.15, 0.2) is 42.5 Å². The summed E-state index contributed by atoms with van der Waals surface area (Å²) in [6.07, 6.45) is 0.768. The SMILES string of the molecule is CCCN1C(=O)COc2ccc(C(=O)C(C)S(=O)Cc3ccc(C(=O)O)cc3)cc21. The molecule has 2 aromatic carbocycles. The number of carbonyl (C=O) groups is 3. The Labute approximate surface area is 177 Å². The van der Waals surface area contributed by atoms with Crippen molar-refractivity contribution >= 4 is 34.1 Å². The number of ether oxygens (including phenoxy) is 1. The van der Waals surface area contributed by atoms with Gasteiger partial charge in [0.05, 0.1) is 16.5 Å². The maximum atomic E-state index is 12.9. The summed E-state index contributed by atoms with van der Waals surface area (Å²) >= 11 is 0. The molecule has 0 bridgehead atoms. The van der Waals surface area contributed by atoms with Crippen LogP contribution >= 0.6 is 0 Å². The number of hydrogen-bond donors (Lipinski definition) is 1. The Morgan fingerprint density at radius 3 is 2.47 bits per heavy atom. The van der Waals surface area contributed by atoms with Gasteiger partial charge in [-0.25, -0.2) is 4.79 Å². The van der Waals surface area contributed by atoms with Gasteiger partial charge in [-0.05, 0) is 49.2 Å². The molecule has 1 aliphatic heterocycles. The number of fused-ring (bicyclic) bond motifs is 1. The number of ketones is 1. The van der Waals surface area contributed by atoms with Crippen LogP contribution < -0.4 is 9.64 Å². The fourth-order valence-corrected chi connectivity index (χ4v) is 4.36. The van der Waals surface area contributed by atoms with Crippen LogP contribution in [0.5, 0.6) is 5.75 Å². The second-order valence-electron chi connectivity index (χ2n) is 7.05. The fourth-order valence-electron chi connectivity index (χ4n) is 3.21. The molecule has 1 amide bonds. The largest absolute Gasteiger partial charge is 0.482 e. The smallest absolute Gasteiger partial charge is 0.335 e. The van der Waals surface area contributed by atoms with Gasteiger partial charge in [0.2, 0.25) is 0 Å². The topological polar surface area (TPSA) is 101 Å². The lowest BCUT2D eigenvalue weighted by Gasteiger charge is -2.29. The zero-order valence-corrected chi connectivity index (χ0v) is 17.6. The highest BCUT2D eigenvalue weighted by Crippen LogP contribution is 2.33. The monoisotopic (exact) mass is 429 g/mol. The van der Waals surface area contributed by atoms with E-state index in [1.165, 1.54) is 12.1 Å². The van der Waals surface area contributed by atoms with E-state index in [0.29, 0.717) is 29.1 Å². The van der Waals surface area contributed by atoms with Crippen LogP contribution in [0.25, 0.3) is 0 Å². The van der Waals surface area contributed by atoms with E-state index in [4.69, 9.17) is 9.84 Å². The summed E-state index contributed by atoms with van der Waals surface area (Å²) in [6.45, 7) is 4.07. The molecule has 0 aliphatic carbocycles. The van der Waals surface area contributed by atoms with Gasteiger partial charge in [0.15, 0.2) is 12.4 Å². The minimum atomic E-state index is -1.49. The molecule has 2 atom stereocenters. The van der Waals surface area contributed by atoms with Crippen molar-refractivity contribution in [2.24, 2.45) is 0 Å². The highest BCUT2D eigenvalue weighted by Gasteiger charge is 2.28. The highest BCUT2D eigenvalue weighted by atomic mass is 32.2. The summed E-state index contributed by atoms with van der Waals surface area (Å²) < 4.78 is 18.2. The van der Waals surface area contributed by atoms with Gasteiger partial charge in [0, 0.05) is 28.7 Å². The molecule has 0 saturated carbocycles. The van der Waals surface area contributed by atoms with E-state index in [-0.39, 0.29) is 29.6 Å². The van der Waals surface area contributed by atoms with Crippen molar-refractivity contribution in [1.82, 2.24) is 0 Å². The Morgan fingerprint density at radius 2 is 1.83 bits per heavy atom. The summed E-state index contributed by atoms with van der Waals surface area (Å²) in [4.78, 5) is 37.7. The van der Waals surface area contributed by atoms with Gasteiger partial charge < -0.3 is 14.7 Å². The molecule has 0 saturated heterocycles. The predicted octanol–water partition coefficient (Wildman–Crippen LogP) is 3.04. The van der Waals surface area contributed by atoms with E-state index in [0.717, 1.165) is 6.42 Å². The number of carboxylic acid groups (broad SMARTS) is 1. The quantitative estimate of drug-likeness (QED) is 0.648. The van der Waals surface area contributed by atoms with Crippen molar-refractivity contribution in [3.05, 3.63) is 59.2 Å². The van der Waals surface area contributed by atoms with Crippen molar-refractivity contribution in [2.45, 2.75) is 31.3 Å². The van der Waals surface area contributed by atoms with E-state index in [2.05, 4.69) is 0 Å². The molecule has 8 heteroatoms. The first kappa shape index (κ1) is 21.7. The molecule has 1 aliphatic rings. The van der Waals surface area contributed by atoms with Crippen LogP contribution in [0.4, 0.5) is 5.69 Å². The summed E-state index contributed by atoms with van der Waals surface area (Å²) in [5, 5.41) is 8.20. The minimum Gasteiger partial charge on any atom is -0.482 e. The van der Waals surface area contributed by atoms with E-state index < -0.39 is 22.0 Å². The van der Waals surface area contributed by atoms with Gasteiger partial charge in [-0.3, -0.25) is 13.8 Å². The zero-order valence-electron chi connectivity index (χ0n) is 16.8. The number of benzene rings is 2. The third-order valence-electron chi connectivity index (χ3n) is 4.91. The number of hydrogen-bond acceptors (Lipinski definition) is 5. The summed E-state index contributed by atoms with van der Waals surface area (Å²) in [6, 6.07) is 11.0. The van der Waals surface area contributed by atoms with Gasteiger partial charge in [0.25, 0.3) is 5.91 Å². The molecule has 158 valence electrons. The summed E-state index contributed by atoms with van der Waals surface area (Å²) in [5.74, 6) is -0.783. The van der Waals surface area contributed by atoms with E-state index in [9.17, 15) is 18.6 Å². The number of aromatic carboxylic acids is 1. The third-order valence-corrected chi connectivity index (χ3v) is 6.53. The van der Waals surface area contributed by atoms with Crippen LogP contribution in [0, 0.1) is 0 Å². The second kappa shape index (κ2) is 9.21. The molecule has 2 unspecified atom stereocenters. The van der Waals surface area contributed by atoms with Crippen LogP contribution in [0.3, 0.4) is 0 Å². The second-order valence-corrected chi connectivity index (χ2v) is 8.81. The standard InChI is InChI=1S/C22H23NO6S/c1-3-10-23-18-11-17(8-9-19(18)29-12-20(23)24)21(25)14(2)30(28)13-15-4-6-16(7-5-15)22(26)27/h4-9,11,14H,3,10,12-13H2,1-2H3,(H,26,27). The maximum Gasteiger partial charge on any atom is 0.335 e. The number of carboxylic acids is 1. The Bertz CT molecular complexity index is 1000. The van der Waals surface area contributed by atoms with Crippen molar-refractivity contribution in [1.29, 1.82) is 0 Å². The maximum absolute atomic E-state index is 12.9. The number of nitrogens with zero attached hydrogens (tertiary/aromatic N) is 1. The van der Waals surface area contributed by atoms with Gasteiger partial charge in [-0.15, -0.1) is 0 Å². The van der Waals surface area contributed by atoms with E-state index in [1.54, 1.807) is 42.2 Å². The molecule has 2 aromatic rings. The number of carbonyl (C=O) groups excluding carboxylic acids is 2. The van der Waals surface area contributed by atoms with Gasteiger partial charge in [0.1, 0.15) is 5.75 Å². The molecule has 0 fully saturated rings. The molecule has 0 spiro atoms. The Morgan fingerprint density at radius 1 is 1.17 bits per heavy atom. The average Bonchev–Trinajstić information content (AvgIpc) is 2.74. The van der Waals surface area contributed by atoms with E-state index in [1.807, 2.05) is 6.92 Å². The first-order chi connectivity index (χ1) is 14.3. The minimum absolute atomic E-state index is 0.0264. The summed E-state index contributed by atoms with van der Waals surface area (Å²) in [5.41, 5.74) is 1.77. The van der Waals surface area contributed by atoms with Gasteiger partial charge >= 0.3 is 5.97 Å². The average molecular weight is 429 g/mol. The Kier molecular flexibility index (Phi) is 6.66. The van der Waals surface area contributed by atoms with Gasteiger partial charge in [-0.2, -0.15) is 0 Å². The Balaban J connectivity index is 1.76. The lowest BCUT2D eigenvalue weighted by Crippen LogP contribution is -2.39. The highest BCUT2D eigenvalue weighted by molar-refractivity contribution is 7.85. The molecule has 1 heterocycles. The van der Waals surface area contributed by atoms with Crippen LogP contribution in [0.1, 0.15) is 46.5 Å². The molecule has 30 heavy (non-hydrogen) atoms. The van der Waals surface area contributed by atoms with Crippen LogP contribution in [-0.2, 0) is 21.3 Å². The number of anilines is 1. The predicted molar refractivity (Wildman–Crippen MR) is 114 cm³/mol. The molecule has 0 radical (unpaired) electrons. The fraction of sp³-hybridized carbons (Fsp3) is 0.318. The lowest BCUT2D eigenvalue weighted by atomic mass is 10.1. The van der Waals surface area contributed by atoms with Crippen molar-refractivity contribution < 1.29 is 28.4 Å². The van der Waals surface area contributed by atoms with Crippen LogP contribution in [-0.4, -0.2) is 45.4 Å². The molecular formula is C22H23NO6S. The van der Waals surface area contributed by atoms with Crippen molar-refractivity contribution in [3.63, 3.8) is 0 Å². The molecular weight excluding hydrogens is 406 g/mol. The third kappa shape index (κ3) is 4.59. The molecule has 7 nitrogen and oxygen atoms in total. The van der Waals surface area contributed by atoms with Gasteiger partial charge in [-0.1, -0.05) is 19.1 Å². The molecule has 3 rings (SSSR count). The van der Waals surface area contributed by atoms with Crippen molar-refractivity contribution in [2.75, 3.05) is 18.1 Å². The van der Waals surface area contributed by atoms with Crippen LogP contribution in [0.2, 0.25) is 0 Å². The first-order valence-corrected chi connectivity index (χ1v) is 11.0. The van der Waals surface area contributed by atoms with E-state index >= 15 is 0 Å². The lowest BCUT2D eigenvalue weighted by molar-refractivity contribution is -0.121. The number of Topliss-reactive ketones (excluding diaryl/α,β-unsaturated/α-hetero) is 1. The molecule has 1 N–H and O–H groups in total. The normalized spacial score (nSPS) is 15.1. The Hall–Kier alpha value is -3.00. The number of rotatable bonds is 8. The van der Waals surface area contributed by atoms with Crippen molar-refractivity contribution in [3.8, 4) is 5.75 Å². The summed E-state index contributed by atoms with van der Waals surface area (Å²) in [7, 11) is -1.49. The molecule has 0 aromatic heterocycles. The number of amides is 1. The first-order valence-electron chi connectivity index (χ1n) is 9.62. The zero-order chi connectivity index (χ0) is 21.8.